The first-order valence-corrected chi connectivity index (χ1v) is 6.91. The molecular weight excluding hydrogens is 334 g/mol. The lowest BCUT2D eigenvalue weighted by molar-refractivity contribution is -0.140. The van der Waals surface area contributed by atoms with Gasteiger partial charge in [-0.25, -0.2) is 0 Å². The molecule has 0 aromatic heterocycles. The van der Waals surface area contributed by atoms with Gasteiger partial charge in [0, 0.05) is 10.2 Å². The van der Waals surface area contributed by atoms with E-state index in [1.165, 1.54) is 0 Å². The fraction of sp³-hybridized carbons (Fsp3) is 0.385. The van der Waals surface area contributed by atoms with Crippen LogP contribution in [0, 0.1) is 17.3 Å². The first kappa shape index (κ1) is 14.3. The van der Waals surface area contributed by atoms with Gasteiger partial charge in [0.2, 0.25) is 5.91 Å². The molecule has 2 atom stereocenters. The maximum absolute atomic E-state index is 12.1. The van der Waals surface area contributed by atoms with Gasteiger partial charge in [0.25, 0.3) is 0 Å². The Morgan fingerprint density at radius 2 is 2.00 bits per heavy atom. The quantitative estimate of drug-likeness (QED) is 0.881. The van der Waals surface area contributed by atoms with E-state index in [0.29, 0.717) is 15.2 Å². The van der Waals surface area contributed by atoms with Crippen LogP contribution in [0.15, 0.2) is 22.7 Å². The zero-order chi connectivity index (χ0) is 14.4. The number of carbonyl (C=O) groups excluding carboxylic acids is 1. The molecule has 2 unspecified atom stereocenters. The van der Waals surface area contributed by atoms with Crippen LogP contribution in [0.4, 0.5) is 5.69 Å². The van der Waals surface area contributed by atoms with E-state index in [4.69, 9.17) is 16.7 Å². The molecular formula is C13H13BrClNO3. The van der Waals surface area contributed by atoms with Crippen LogP contribution < -0.4 is 5.32 Å². The summed E-state index contributed by atoms with van der Waals surface area (Å²) in [6, 6.07) is 5.02. The zero-order valence-corrected chi connectivity index (χ0v) is 12.7. The molecule has 4 nitrogen and oxygen atoms in total. The van der Waals surface area contributed by atoms with Crippen molar-refractivity contribution in [3.05, 3.63) is 27.7 Å². The van der Waals surface area contributed by atoms with E-state index in [0.717, 1.165) is 0 Å². The van der Waals surface area contributed by atoms with Crippen molar-refractivity contribution in [1.29, 1.82) is 0 Å². The van der Waals surface area contributed by atoms with Gasteiger partial charge in [-0.05, 0) is 39.5 Å². The minimum Gasteiger partial charge on any atom is -0.481 e. The summed E-state index contributed by atoms with van der Waals surface area (Å²) in [6.07, 6.45) is 0. The van der Waals surface area contributed by atoms with Crippen molar-refractivity contribution in [1.82, 2.24) is 0 Å². The summed E-state index contributed by atoms with van der Waals surface area (Å²) in [6.45, 7) is 3.57. The molecule has 102 valence electrons. The smallest absolute Gasteiger partial charge is 0.307 e. The molecule has 0 aliphatic heterocycles. The standard InChI is InChI=1S/C13H13BrClNO3/c1-13(2)9(10(13)12(18)19)11(17)16-6-3-4-8(15)7(14)5-6/h3-5,9-10H,1-2H3,(H,16,17)(H,18,19). The van der Waals surface area contributed by atoms with Crippen molar-refractivity contribution in [2.24, 2.45) is 17.3 Å². The summed E-state index contributed by atoms with van der Waals surface area (Å²) in [5, 5.41) is 12.3. The Kier molecular flexibility index (Phi) is 3.62. The molecule has 1 aromatic carbocycles. The summed E-state index contributed by atoms with van der Waals surface area (Å²) >= 11 is 9.13. The molecule has 1 aromatic rings. The Morgan fingerprint density at radius 3 is 2.47 bits per heavy atom. The molecule has 2 rings (SSSR count). The number of carboxylic acid groups (broad SMARTS) is 1. The van der Waals surface area contributed by atoms with E-state index in [2.05, 4.69) is 21.2 Å². The third-order valence-electron chi connectivity index (χ3n) is 3.56. The Labute approximate surface area is 124 Å². The van der Waals surface area contributed by atoms with E-state index < -0.39 is 23.2 Å². The van der Waals surface area contributed by atoms with E-state index in [-0.39, 0.29) is 5.91 Å². The molecule has 0 saturated heterocycles. The highest BCUT2D eigenvalue weighted by Crippen LogP contribution is 2.58. The molecule has 1 saturated carbocycles. The number of halogens is 2. The fourth-order valence-corrected chi connectivity index (χ4v) is 2.88. The van der Waals surface area contributed by atoms with E-state index in [1.54, 1.807) is 32.0 Å². The third kappa shape index (κ3) is 2.62. The van der Waals surface area contributed by atoms with Gasteiger partial charge in [0.1, 0.15) is 0 Å². The number of nitrogens with one attached hydrogen (secondary N) is 1. The summed E-state index contributed by atoms with van der Waals surface area (Å²) in [5.74, 6) is -2.32. The monoisotopic (exact) mass is 345 g/mol. The lowest BCUT2D eigenvalue weighted by atomic mass is 10.1. The third-order valence-corrected chi connectivity index (χ3v) is 4.78. The number of anilines is 1. The number of hydrogen-bond acceptors (Lipinski definition) is 2. The van der Waals surface area contributed by atoms with E-state index in [1.807, 2.05) is 0 Å². The minimum absolute atomic E-state index is 0.272. The molecule has 0 heterocycles. The molecule has 0 bridgehead atoms. The Bertz CT molecular complexity index is 559. The molecule has 1 aliphatic rings. The van der Waals surface area contributed by atoms with Crippen LogP contribution in [-0.4, -0.2) is 17.0 Å². The first-order chi connectivity index (χ1) is 8.75. The SMILES string of the molecule is CC1(C)C(C(=O)O)C1C(=O)Nc1ccc(Cl)c(Br)c1. The number of benzene rings is 1. The lowest BCUT2D eigenvalue weighted by Crippen LogP contribution is -2.17. The maximum atomic E-state index is 12.1. The van der Waals surface area contributed by atoms with Crippen LogP contribution in [0.1, 0.15) is 13.8 Å². The Morgan fingerprint density at radius 1 is 1.37 bits per heavy atom. The fourth-order valence-electron chi connectivity index (χ4n) is 2.38. The minimum atomic E-state index is -0.928. The summed E-state index contributed by atoms with van der Waals surface area (Å²) in [7, 11) is 0. The van der Waals surface area contributed by atoms with Crippen LogP contribution in [0.25, 0.3) is 0 Å². The summed E-state index contributed by atoms with van der Waals surface area (Å²) in [5.41, 5.74) is 0.0904. The highest BCUT2D eigenvalue weighted by Gasteiger charge is 2.65. The lowest BCUT2D eigenvalue weighted by Gasteiger charge is -2.07. The van der Waals surface area contributed by atoms with Crippen LogP contribution in [0.2, 0.25) is 5.02 Å². The second kappa shape index (κ2) is 4.80. The molecule has 1 aliphatic carbocycles. The van der Waals surface area contributed by atoms with Crippen LogP contribution in [-0.2, 0) is 9.59 Å². The van der Waals surface area contributed by atoms with Gasteiger partial charge < -0.3 is 10.4 Å². The van der Waals surface area contributed by atoms with Gasteiger partial charge in [-0.3, -0.25) is 9.59 Å². The van der Waals surface area contributed by atoms with Gasteiger partial charge in [-0.15, -0.1) is 0 Å². The highest BCUT2D eigenvalue weighted by atomic mass is 79.9. The average molecular weight is 347 g/mol. The van der Waals surface area contributed by atoms with Crippen LogP contribution >= 0.6 is 27.5 Å². The number of rotatable bonds is 3. The Hall–Kier alpha value is -1.07. The van der Waals surface area contributed by atoms with Crippen molar-refractivity contribution < 1.29 is 14.7 Å². The highest BCUT2D eigenvalue weighted by molar-refractivity contribution is 9.10. The molecule has 0 spiro atoms. The molecule has 0 radical (unpaired) electrons. The van der Waals surface area contributed by atoms with Gasteiger partial charge in [-0.1, -0.05) is 25.4 Å². The summed E-state index contributed by atoms with van der Waals surface area (Å²) < 4.78 is 0.678. The number of amides is 1. The van der Waals surface area contributed by atoms with E-state index >= 15 is 0 Å². The number of carbonyl (C=O) groups is 2. The van der Waals surface area contributed by atoms with Crippen molar-refractivity contribution in [3.63, 3.8) is 0 Å². The van der Waals surface area contributed by atoms with Crippen molar-refractivity contribution in [2.45, 2.75) is 13.8 Å². The number of hydrogen-bond donors (Lipinski definition) is 2. The average Bonchev–Trinajstić information content (AvgIpc) is 2.87. The zero-order valence-electron chi connectivity index (χ0n) is 10.4. The predicted octanol–water partition coefficient (Wildman–Crippen LogP) is 3.40. The first-order valence-electron chi connectivity index (χ1n) is 5.74. The maximum Gasteiger partial charge on any atom is 0.307 e. The van der Waals surface area contributed by atoms with Gasteiger partial charge in [0.15, 0.2) is 0 Å². The largest absolute Gasteiger partial charge is 0.481 e. The van der Waals surface area contributed by atoms with Crippen molar-refractivity contribution in [2.75, 3.05) is 5.32 Å². The molecule has 1 amide bonds. The normalized spacial score (nSPS) is 23.8. The second-order valence-electron chi connectivity index (χ2n) is 5.23. The van der Waals surface area contributed by atoms with E-state index in [9.17, 15) is 9.59 Å². The Balaban J connectivity index is 2.10. The topological polar surface area (TPSA) is 66.4 Å². The van der Waals surface area contributed by atoms with Crippen LogP contribution in [0.3, 0.4) is 0 Å². The molecule has 19 heavy (non-hydrogen) atoms. The number of carboxylic acids is 1. The van der Waals surface area contributed by atoms with Crippen LogP contribution in [0.5, 0.6) is 0 Å². The van der Waals surface area contributed by atoms with Crippen molar-refractivity contribution in [3.8, 4) is 0 Å². The summed E-state index contributed by atoms with van der Waals surface area (Å²) in [4.78, 5) is 23.1. The molecule has 2 N–H and O–H groups in total. The van der Waals surface area contributed by atoms with Gasteiger partial charge >= 0.3 is 5.97 Å². The van der Waals surface area contributed by atoms with Crippen molar-refractivity contribution >= 4 is 45.1 Å². The molecule has 1 fully saturated rings. The second-order valence-corrected chi connectivity index (χ2v) is 6.49. The molecule has 6 heteroatoms. The predicted molar refractivity (Wildman–Crippen MR) is 76.2 cm³/mol. The van der Waals surface area contributed by atoms with Gasteiger partial charge in [0.05, 0.1) is 16.9 Å². The van der Waals surface area contributed by atoms with Gasteiger partial charge in [-0.2, -0.15) is 0 Å². The number of aliphatic carboxylic acids is 1.